The van der Waals surface area contributed by atoms with Crippen molar-refractivity contribution in [3.8, 4) is 0 Å². The van der Waals surface area contributed by atoms with Gasteiger partial charge in [0.15, 0.2) is 0 Å². The first-order chi connectivity index (χ1) is 9.45. The van der Waals surface area contributed by atoms with E-state index in [1.807, 2.05) is 57.2 Å². The van der Waals surface area contributed by atoms with E-state index in [9.17, 15) is 4.79 Å². The number of nitrogens with two attached hydrogens (primary N) is 1. The monoisotopic (exact) mass is 269 g/mol. The van der Waals surface area contributed by atoms with Crippen molar-refractivity contribution in [2.45, 2.75) is 26.8 Å². The van der Waals surface area contributed by atoms with Crippen LogP contribution < -0.4 is 11.1 Å². The Labute approximate surface area is 119 Å². The molecule has 104 valence electrons. The normalized spacial score (nSPS) is 12.0. The molecule has 2 rings (SSSR count). The molecule has 0 spiro atoms. The SMILES string of the molecule is Cc1ccc(C(N)C(=O)Nc2cc(C)cc(C)n2)cc1. The minimum Gasteiger partial charge on any atom is -0.316 e. The Hall–Kier alpha value is -2.20. The average Bonchev–Trinajstić information content (AvgIpc) is 2.37. The van der Waals surface area contributed by atoms with Gasteiger partial charge in [-0.1, -0.05) is 29.8 Å². The fourth-order valence-electron chi connectivity index (χ4n) is 2.03. The van der Waals surface area contributed by atoms with Gasteiger partial charge in [-0.05, 0) is 44.0 Å². The maximum atomic E-state index is 12.1. The van der Waals surface area contributed by atoms with Gasteiger partial charge in [0, 0.05) is 5.69 Å². The maximum absolute atomic E-state index is 12.1. The fraction of sp³-hybridized carbons (Fsp3) is 0.250. The lowest BCUT2D eigenvalue weighted by atomic mass is 10.1. The summed E-state index contributed by atoms with van der Waals surface area (Å²) in [7, 11) is 0. The summed E-state index contributed by atoms with van der Waals surface area (Å²) in [6, 6.07) is 10.7. The lowest BCUT2D eigenvalue weighted by Crippen LogP contribution is -2.28. The summed E-state index contributed by atoms with van der Waals surface area (Å²) in [6.07, 6.45) is 0. The minimum absolute atomic E-state index is 0.258. The molecule has 0 aliphatic rings. The van der Waals surface area contributed by atoms with Crippen LogP contribution in [0.2, 0.25) is 0 Å². The van der Waals surface area contributed by atoms with E-state index in [1.165, 1.54) is 0 Å². The van der Waals surface area contributed by atoms with Crippen LogP contribution in [0.5, 0.6) is 0 Å². The number of amides is 1. The Balaban J connectivity index is 2.13. The van der Waals surface area contributed by atoms with Crippen molar-refractivity contribution in [1.29, 1.82) is 0 Å². The Bertz CT molecular complexity index is 600. The molecule has 1 atom stereocenters. The summed E-state index contributed by atoms with van der Waals surface area (Å²) in [5.41, 5.74) is 9.82. The van der Waals surface area contributed by atoms with Crippen molar-refractivity contribution < 1.29 is 4.79 Å². The Morgan fingerprint density at radius 1 is 1.10 bits per heavy atom. The number of hydrogen-bond acceptors (Lipinski definition) is 3. The maximum Gasteiger partial charge on any atom is 0.247 e. The number of carbonyl (C=O) groups is 1. The molecule has 0 bridgehead atoms. The molecule has 0 radical (unpaired) electrons. The van der Waals surface area contributed by atoms with Crippen molar-refractivity contribution >= 4 is 11.7 Å². The number of aromatic nitrogens is 1. The van der Waals surface area contributed by atoms with Crippen LogP contribution in [-0.4, -0.2) is 10.9 Å². The molecule has 4 heteroatoms. The van der Waals surface area contributed by atoms with E-state index in [0.717, 1.165) is 22.4 Å². The van der Waals surface area contributed by atoms with E-state index in [0.29, 0.717) is 5.82 Å². The smallest absolute Gasteiger partial charge is 0.247 e. The number of benzene rings is 1. The summed E-state index contributed by atoms with van der Waals surface area (Å²) < 4.78 is 0. The predicted molar refractivity (Wildman–Crippen MR) is 80.4 cm³/mol. The van der Waals surface area contributed by atoms with Gasteiger partial charge in [0.05, 0.1) is 0 Å². The summed E-state index contributed by atoms with van der Waals surface area (Å²) in [6.45, 7) is 5.85. The van der Waals surface area contributed by atoms with Crippen LogP contribution in [0.3, 0.4) is 0 Å². The van der Waals surface area contributed by atoms with Crippen LogP contribution in [0.15, 0.2) is 36.4 Å². The minimum atomic E-state index is -0.696. The number of anilines is 1. The Morgan fingerprint density at radius 3 is 2.35 bits per heavy atom. The molecule has 20 heavy (non-hydrogen) atoms. The Morgan fingerprint density at radius 2 is 1.75 bits per heavy atom. The van der Waals surface area contributed by atoms with Crippen LogP contribution in [0.1, 0.15) is 28.4 Å². The topological polar surface area (TPSA) is 68.0 Å². The standard InChI is InChI=1S/C16H19N3O/c1-10-4-6-13(7-5-10)15(17)16(20)19-14-9-11(2)8-12(3)18-14/h4-9,15H,17H2,1-3H3,(H,18,19,20). The zero-order valence-corrected chi connectivity index (χ0v) is 12.0. The number of aryl methyl sites for hydroxylation is 3. The van der Waals surface area contributed by atoms with Crippen molar-refractivity contribution in [1.82, 2.24) is 4.98 Å². The molecular weight excluding hydrogens is 250 g/mol. The molecule has 0 aliphatic carbocycles. The van der Waals surface area contributed by atoms with Gasteiger partial charge in [-0.3, -0.25) is 4.79 Å². The molecule has 1 aromatic heterocycles. The van der Waals surface area contributed by atoms with Crippen LogP contribution in [0.4, 0.5) is 5.82 Å². The van der Waals surface area contributed by atoms with E-state index >= 15 is 0 Å². The molecular formula is C16H19N3O. The third-order valence-corrected chi connectivity index (χ3v) is 3.07. The van der Waals surface area contributed by atoms with Crippen LogP contribution in [-0.2, 0) is 4.79 Å². The molecule has 2 aromatic rings. The molecule has 0 saturated carbocycles. The molecule has 3 N–H and O–H groups in total. The first-order valence-corrected chi connectivity index (χ1v) is 6.54. The molecule has 1 amide bonds. The zero-order valence-electron chi connectivity index (χ0n) is 12.0. The predicted octanol–water partition coefficient (Wildman–Crippen LogP) is 2.65. The molecule has 4 nitrogen and oxygen atoms in total. The summed E-state index contributed by atoms with van der Waals surface area (Å²) >= 11 is 0. The summed E-state index contributed by atoms with van der Waals surface area (Å²) in [5, 5.41) is 2.76. The number of hydrogen-bond donors (Lipinski definition) is 2. The first kappa shape index (κ1) is 14.2. The third kappa shape index (κ3) is 3.42. The highest BCUT2D eigenvalue weighted by Crippen LogP contribution is 2.15. The molecule has 1 aromatic carbocycles. The average molecular weight is 269 g/mol. The molecule has 1 unspecified atom stereocenters. The quantitative estimate of drug-likeness (QED) is 0.900. The highest BCUT2D eigenvalue weighted by atomic mass is 16.2. The summed E-state index contributed by atoms with van der Waals surface area (Å²) in [5.74, 6) is 0.279. The van der Waals surface area contributed by atoms with E-state index in [-0.39, 0.29) is 5.91 Å². The van der Waals surface area contributed by atoms with E-state index in [1.54, 1.807) is 0 Å². The first-order valence-electron chi connectivity index (χ1n) is 6.54. The number of carbonyl (C=O) groups excluding carboxylic acids is 1. The van der Waals surface area contributed by atoms with E-state index in [4.69, 9.17) is 5.73 Å². The van der Waals surface area contributed by atoms with Crippen molar-refractivity contribution in [2.24, 2.45) is 5.73 Å². The fourth-order valence-corrected chi connectivity index (χ4v) is 2.03. The third-order valence-electron chi connectivity index (χ3n) is 3.07. The number of pyridine rings is 1. The van der Waals surface area contributed by atoms with Gasteiger partial charge in [0.25, 0.3) is 0 Å². The molecule has 0 aliphatic heterocycles. The van der Waals surface area contributed by atoms with Crippen molar-refractivity contribution in [3.63, 3.8) is 0 Å². The van der Waals surface area contributed by atoms with Gasteiger partial charge < -0.3 is 11.1 Å². The van der Waals surface area contributed by atoms with E-state index in [2.05, 4.69) is 10.3 Å². The van der Waals surface area contributed by atoms with Gasteiger partial charge in [-0.2, -0.15) is 0 Å². The highest BCUT2D eigenvalue weighted by molar-refractivity contribution is 5.94. The second-order valence-corrected chi connectivity index (χ2v) is 5.05. The lowest BCUT2D eigenvalue weighted by molar-refractivity contribution is -0.117. The number of nitrogens with one attached hydrogen (secondary N) is 1. The van der Waals surface area contributed by atoms with Crippen molar-refractivity contribution in [2.75, 3.05) is 5.32 Å². The van der Waals surface area contributed by atoms with Gasteiger partial charge >= 0.3 is 0 Å². The lowest BCUT2D eigenvalue weighted by Gasteiger charge is -2.13. The highest BCUT2D eigenvalue weighted by Gasteiger charge is 2.16. The van der Waals surface area contributed by atoms with Gasteiger partial charge in [-0.15, -0.1) is 0 Å². The van der Waals surface area contributed by atoms with Gasteiger partial charge in [-0.25, -0.2) is 4.98 Å². The Kier molecular flexibility index (Phi) is 4.15. The van der Waals surface area contributed by atoms with Gasteiger partial charge in [0.1, 0.15) is 11.9 Å². The molecule has 0 saturated heterocycles. The zero-order chi connectivity index (χ0) is 14.7. The summed E-state index contributed by atoms with van der Waals surface area (Å²) in [4.78, 5) is 16.4. The molecule has 0 fully saturated rings. The second-order valence-electron chi connectivity index (χ2n) is 5.05. The largest absolute Gasteiger partial charge is 0.316 e. The van der Waals surface area contributed by atoms with Crippen LogP contribution >= 0.6 is 0 Å². The van der Waals surface area contributed by atoms with E-state index < -0.39 is 6.04 Å². The van der Waals surface area contributed by atoms with Crippen LogP contribution in [0.25, 0.3) is 0 Å². The number of rotatable bonds is 3. The van der Waals surface area contributed by atoms with Crippen LogP contribution in [0, 0.1) is 20.8 Å². The van der Waals surface area contributed by atoms with Crippen molar-refractivity contribution in [3.05, 3.63) is 58.8 Å². The van der Waals surface area contributed by atoms with Gasteiger partial charge in [0.2, 0.25) is 5.91 Å². The molecule has 1 heterocycles. The second kappa shape index (κ2) is 5.84. The number of nitrogens with zero attached hydrogens (tertiary/aromatic N) is 1.